The fourth-order valence-electron chi connectivity index (χ4n) is 3.24. The lowest BCUT2D eigenvalue weighted by atomic mass is 10.0. The van der Waals surface area contributed by atoms with Gasteiger partial charge in [0.2, 0.25) is 0 Å². The molecule has 0 bridgehead atoms. The number of aliphatic hydroxyl groups is 1. The minimum absolute atomic E-state index is 0.103. The van der Waals surface area contributed by atoms with Gasteiger partial charge in [0.25, 0.3) is 11.5 Å². The second kappa shape index (κ2) is 11.1. The fourth-order valence-corrected chi connectivity index (χ4v) is 3.24. The molecule has 10 nitrogen and oxygen atoms in total. The number of aromatic nitrogens is 3. The van der Waals surface area contributed by atoms with E-state index in [1.54, 1.807) is 6.07 Å². The fraction of sp³-hybridized carbons (Fsp3) is 0.292. The summed E-state index contributed by atoms with van der Waals surface area (Å²) in [5.41, 5.74) is 2.61. The maximum atomic E-state index is 14.4. The van der Waals surface area contributed by atoms with Crippen molar-refractivity contribution in [1.82, 2.24) is 20.4 Å². The summed E-state index contributed by atoms with van der Waals surface area (Å²) >= 11 is 0. The van der Waals surface area contributed by atoms with Crippen molar-refractivity contribution in [3.63, 3.8) is 0 Å². The first-order chi connectivity index (χ1) is 18.5. The molecule has 1 unspecified atom stereocenters. The van der Waals surface area contributed by atoms with E-state index >= 15 is 0 Å². The van der Waals surface area contributed by atoms with Crippen molar-refractivity contribution in [3.8, 4) is 0 Å². The second-order valence-electron chi connectivity index (χ2n) is 8.63. The number of nitrogens with one attached hydrogen (secondary N) is 2. The number of amides is 1. The molecule has 1 aliphatic rings. The number of carbonyl (C=O) groups excluding carboxylic acids is 1. The standard InChI is InChI=1S/C24H22F5N7O3/c25-15-4-2-1-3-13(15)10-31-19(18-7-8-39-36-18)9-17(30)21-32-11-16(26)20(35-21)33-12-23(38,24(27,28)29)22(37)34-14-5-6-14/h1-4,7-9,11,14,38H,5-6,10,12,30H2,(H,34,37)(H,32,33,35). The van der Waals surface area contributed by atoms with Gasteiger partial charge in [-0.25, -0.2) is 18.7 Å². The maximum Gasteiger partial charge on any atom is 0.428 e. The molecule has 0 radical (unpaired) electrons. The lowest BCUT2D eigenvalue weighted by Crippen LogP contribution is -2.61. The molecule has 15 heteroatoms. The summed E-state index contributed by atoms with van der Waals surface area (Å²) in [6.07, 6.45) is -1.24. The van der Waals surface area contributed by atoms with Crippen LogP contribution >= 0.6 is 0 Å². The molecule has 3 aromatic rings. The highest BCUT2D eigenvalue weighted by Crippen LogP contribution is 2.32. The number of carbonyl (C=O) groups is 1. The van der Waals surface area contributed by atoms with Crippen molar-refractivity contribution in [1.29, 1.82) is 0 Å². The number of nitrogens with zero attached hydrogens (tertiary/aromatic N) is 4. The van der Waals surface area contributed by atoms with Crippen LogP contribution in [0.5, 0.6) is 0 Å². The first-order valence-electron chi connectivity index (χ1n) is 11.5. The Labute approximate surface area is 217 Å². The van der Waals surface area contributed by atoms with Gasteiger partial charge < -0.3 is 26.0 Å². The molecule has 5 N–H and O–H groups in total. The molecule has 39 heavy (non-hydrogen) atoms. The molecule has 1 atom stereocenters. The summed E-state index contributed by atoms with van der Waals surface area (Å²) in [7, 11) is 0. The Morgan fingerprint density at radius 1 is 1.21 bits per heavy atom. The van der Waals surface area contributed by atoms with Crippen LogP contribution in [-0.4, -0.2) is 56.2 Å². The highest BCUT2D eigenvalue weighted by atomic mass is 19.4. The van der Waals surface area contributed by atoms with Crippen molar-refractivity contribution in [2.24, 2.45) is 10.7 Å². The van der Waals surface area contributed by atoms with Crippen molar-refractivity contribution < 1.29 is 36.4 Å². The SMILES string of the molecule is NC(=CC(=NCc1ccccc1F)c1ccon1)c1ncc(F)c(NCC(O)(C(=O)NC2CC2)C(F)(F)F)n1. The third-order valence-electron chi connectivity index (χ3n) is 5.64. The van der Waals surface area contributed by atoms with Crippen molar-refractivity contribution >= 4 is 23.1 Å². The minimum atomic E-state index is -5.37. The monoisotopic (exact) mass is 551 g/mol. The van der Waals surface area contributed by atoms with Gasteiger partial charge in [0.15, 0.2) is 17.5 Å². The van der Waals surface area contributed by atoms with E-state index in [0.717, 1.165) is 0 Å². The van der Waals surface area contributed by atoms with Gasteiger partial charge >= 0.3 is 6.18 Å². The van der Waals surface area contributed by atoms with Gasteiger partial charge in [-0.2, -0.15) is 13.2 Å². The topological polar surface area (TPSA) is 152 Å². The Morgan fingerprint density at radius 2 is 1.95 bits per heavy atom. The number of hydrogen-bond donors (Lipinski definition) is 4. The Morgan fingerprint density at radius 3 is 2.59 bits per heavy atom. The molecular weight excluding hydrogens is 529 g/mol. The lowest BCUT2D eigenvalue weighted by molar-refractivity contribution is -0.246. The van der Waals surface area contributed by atoms with Gasteiger partial charge in [-0.3, -0.25) is 9.79 Å². The third-order valence-corrected chi connectivity index (χ3v) is 5.64. The number of nitrogens with two attached hydrogens (primary N) is 1. The quantitative estimate of drug-likeness (QED) is 0.222. The number of alkyl halides is 3. The van der Waals surface area contributed by atoms with Crippen LogP contribution in [0.15, 0.2) is 58.4 Å². The molecule has 1 amide bonds. The third kappa shape index (κ3) is 6.54. The number of allylic oxidation sites excluding steroid dienone is 1. The van der Waals surface area contributed by atoms with Crippen LogP contribution in [0.2, 0.25) is 0 Å². The summed E-state index contributed by atoms with van der Waals surface area (Å²) in [6, 6.07) is 6.93. The molecule has 2 heterocycles. The average Bonchev–Trinajstić information content (AvgIpc) is 3.53. The number of aliphatic imine (C=N–C) groups is 1. The van der Waals surface area contributed by atoms with Crippen LogP contribution in [0, 0.1) is 11.6 Å². The first kappa shape index (κ1) is 27.6. The van der Waals surface area contributed by atoms with Gasteiger partial charge in [0.05, 0.1) is 30.7 Å². The number of rotatable bonds is 10. The molecule has 4 rings (SSSR count). The van der Waals surface area contributed by atoms with Crippen LogP contribution in [0.25, 0.3) is 5.70 Å². The predicted octanol–water partition coefficient (Wildman–Crippen LogP) is 2.72. The molecular formula is C24H22F5N7O3. The van der Waals surface area contributed by atoms with Gasteiger partial charge in [-0.05, 0) is 25.0 Å². The lowest BCUT2D eigenvalue weighted by Gasteiger charge is -2.29. The summed E-state index contributed by atoms with van der Waals surface area (Å²) < 4.78 is 73.9. The van der Waals surface area contributed by atoms with Crippen molar-refractivity contribution in [2.45, 2.75) is 37.2 Å². The van der Waals surface area contributed by atoms with E-state index < -0.39 is 47.7 Å². The number of anilines is 1. The molecule has 1 aromatic carbocycles. The highest BCUT2D eigenvalue weighted by molar-refractivity contribution is 6.10. The largest absolute Gasteiger partial charge is 0.428 e. The normalized spacial score (nSPS) is 16.1. The summed E-state index contributed by atoms with van der Waals surface area (Å²) in [5, 5.41) is 18.0. The summed E-state index contributed by atoms with van der Waals surface area (Å²) in [6.45, 7) is -1.53. The molecule has 2 aromatic heterocycles. The molecule has 0 spiro atoms. The van der Waals surface area contributed by atoms with E-state index in [1.807, 2.05) is 5.32 Å². The number of benzene rings is 1. The van der Waals surface area contributed by atoms with Crippen LogP contribution in [0.4, 0.5) is 27.8 Å². The molecule has 1 fully saturated rings. The smallest absolute Gasteiger partial charge is 0.396 e. The minimum Gasteiger partial charge on any atom is -0.396 e. The van der Waals surface area contributed by atoms with E-state index in [-0.39, 0.29) is 35.0 Å². The Kier molecular flexibility index (Phi) is 7.90. The summed E-state index contributed by atoms with van der Waals surface area (Å²) in [4.78, 5) is 24.0. The zero-order valence-electron chi connectivity index (χ0n) is 20.0. The molecule has 1 saturated carbocycles. The second-order valence-corrected chi connectivity index (χ2v) is 8.63. The van der Waals surface area contributed by atoms with Gasteiger partial charge in [-0.15, -0.1) is 0 Å². The maximum absolute atomic E-state index is 14.4. The van der Waals surface area contributed by atoms with Gasteiger partial charge in [0, 0.05) is 17.7 Å². The van der Waals surface area contributed by atoms with E-state index in [2.05, 4.69) is 25.4 Å². The van der Waals surface area contributed by atoms with Crippen LogP contribution in [-0.2, 0) is 11.3 Å². The average molecular weight is 551 g/mol. The van der Waals surface area contributed by atoms with E-state index in [0.29, 0.717) is 19.0 Å². The van der Waals surface area contributed by atoms with E-state index in [4.69, 9.17) is 10.3 Å². The zero-order valence-corrected chi connectivity index (χ0v) is 20.0. The van der Waals surface area contributed by atoms with Crippen LogP contribution in [0.1, 0.15) is 29.9 Å². The highest BCUT2D eigenvalue weighted by Gasteiger charge is 2.60. The predicted molar refractivity (Wildman–Crippen MR) is 128 cm³/mol. The molecule has 0 saturated heterocycles. The van der Waals surface area contributed by atoms with Crippen LogP contribution < -0.4 is 16.4 Å². The Bertz CT molecular complexity index is 1390. The van der Waals surface area contributed by atoms with Gasteiger partial charge in [-0.1, -0.05) is 23.4 Å². The van der Waals surface area contributed by atoms with E-state index in [1.165, 1.54) is 36.6 Å². The van der Waals surface area contributed by atoms with Gasteiger partial charge in [0.1, 0.15) is 17.8 Å². The molecule has 1 aliphatic carbocycles. The number of halogens is 5. The molecule has 206 valence electrons. The molecule has 0 aliphatic heterocycles. The zero-order chi connectivity index (χ0) is 28.2. The van der Waals surface area contributed by atoms with Crippen LogP contribution in [0.3, 0.4) is 0 Å². The Balaban J connectivity index is 1.58. The van der Waals surface area contributed by atoms with Crippen molar-refractivity contribution in [3.05, 3.63) is 77.6 Å². The van der Waals surface area contributed by atoms with Crippen molar-refractivity contribution in [2.75, 3.05) is 11.9 Å². The first-order valence-corrected chi connectivity index (χ1v) is 11.5. The van der Waals surface area contributed by atoms with E-state index in [9.17, 15) is 31.9 Å². The number of hydrogen-bond acceptors (Lipinski definition) is 9. The Hall–Kier alpha value is -4.40. The summed E-state index contributed by atoms with van der Waals surface area (Å²) in [5.74, 6) is -4.38.